The lowest BCUT2D eigenvalue weighted by Crippen LogP contribution is -2.32. The molecule has 0 aromatic heterocycles. The van der Waals surface area contributed by atoms with Gasteiger partial charge in [0.1, 0.15) is 0 Å². The van der Waals surface area contributed by atoms with Crippen molar-refractivity contribution in [3.63, 3.8) is 0 Å². The van der Waals surface area contributed by atoms with Gasteiger partial charge in [0.15, 0.2) is 0 Å². The molecule has 2 nitrogen and oxygen atoms in total. The molecule has 0 radical (unpaired) electrons. The Bertz CT molecular complexity index is 437. The maximum Gasteiger partial charge on any atom is 0.392 e. The molecule has 1 aromatic rings. The van der Waals surface area contributed by atoms with Crippen molar-refractivity contribution in [3.05, 3.63) is 35.4 Å². The van der Waals surface area contributed by atoms with Gasteiger partial charge >= 0.3 is 12.1 Å². The molecule has 112 valence electrons. The number of hydrogen-bond acceptors (Lipinski definition) is 2. The molecular formula is C15H19F3O2. The van der Waals surface area contributed by atoms with E-state index in [4.69, 9.17) is 4.74 Å². The normalized spacial score (nSPS) is 14.7. The molecule has 2 atom stereocenters. The SMILES string of the molecule is CCOC(=O)C(c1ccc(CC)cc1)[C@H](C)C(F)(F)F. The summed E-state index contributed by atoms with van der Waals surface area (Å²) in [5.74, 6) is -3.93. The Hall–Kier alpha value is -1.52. The van der Waals surface area contributed by atoms with Crippen LogP contribution >= 0.6 is 0 Å². The van der Waals surface area contributed by atoms with Gasteiger partial charge in [-0.25, -0.2) is 0 Å². The molecule has 1 unspecified atom stereocenters. The van der Waals surface area contributed by atoms with Crippen LogP contribution in [0.2, 0.25) is 0 Å². The highest BCUT2D eigenvalue weighted by Crippen LogP contribution is 2.38. The predicted molar refractivity (Wildman–Crippen MR) is 70.4 cm³/mol. The number of aryl methyl sites for hydroxylation is 1. The lowest BCUT2D eigenvalue weighted by Gasteiger charge is -2.25. The van der Waals surface area contributed by atoms with Crippen LogP contribution in [0.1, 0.15) is 37.8 Å². The van der Waals surface area contributed by atoms with E-state index in [1.165, 1.54) is 0 Å². The van der Waals surface area contributed by atoms with E-state index in [2.05, 4.69) is 0 Å². The van der Waals surface area contributed by atoms with E-state index in [0.717, 1.165) is 18.9 Å². The number of benzene rings is 1. The maximum absolute atomic E-state index is 12.9. The van der Waals surface area contributed by atoms with E-state index in [0.29, 0.717) is 5.56 Å². The van der Waals surface area contributed by atoms with Crippen molar-refractivity contribution >= 4 is 5.97 Å². The van der Waals surface area contributed by atoms with Crippen molar-refractivity contribution < 1.29 is 22.7 Å². The van der Waals surface area contributed by atoms with Gasteiger partial charge in [-0.05, 0) is 24.5 Å². The number of carbonyl (C=O) groups is 1. The Labute approximate surface area is 116 Å². The average molecular weight is 288 g/mol. The minimum absolute atomic E-state index is 0.0625. The highest BCUT2D eigenvalue weighted by Gasteiger charge is 2.45. The summed E-state index contributed by atoms with van der Waals surface area (Å²) in [7, 11) is 0. The largest absolute Gasteiger partial charge is 0.466 e. The van der Waals surface area contributed by atoms with Gasteiger partial charge in [0.25, 0.3) is 0 Å². The standard InChI is InChI=1S/C15H19F3O2/c1-4-11-6-8-12(9-7-11)13(14(19)20-5-2)10(3)15(16,17)18/h6-10,13H,4-5H2,1-3H3/t10-,13?/m0/s1. The summed E-state index contributed by atoms with van der Waals surface area (Å²) in [6, 6.07) is 6.63. The average Bonchev–Trinajstić information content (AvgIpc) is 2.39. The van der Waals surface area contributed by atoms with Crippen LogP contribution in [0.4, 0.5) is 13.2 Å². The quantitative estimate of drug-likeness (QED) is 0.763. The third-order valence-corrected chi connectivity index (χ3v) is 3.30. The van der Waals surface area contributed by atoms with Crippen LogP contribution in [0, 0.1) is 5.92 Å². The van der Waals surface area contributed by atoms with Crippen LogP contribution < -0.4 is 0 Å². The zero-order valence-electron chi connectivity index (χ0n) is 11.8. The minimum atomic E-state index is -4.44. The smallest absolute Gasteiger partial charge is 0.392 e. The van der Waals surface area contributed by atoms with Gasteiger partial charge < -0.3 is 4.74 Å². The molecule has 0 spiro atoms. The summed E-state index contributed by atoms with van der Waals surface area (Å²) in [6.07, 6.45) is -3.65. The lowest BCUT2D eigenvalue weighted by atomic mass is 9.86. The number of esters is 1. The second kappa shape index (κ2) is 6.77. The number of carbonyl (C=O) groups excluding carboxylic acids is 1. The topological polar surface area (TPSA) is 26.3 Å². The molecule has 1 aromatic carbocycles. The van der Waals surface area contributed by atoms with Crippen LogP contribution in [0.5, 0.6) is 0 Å². The molecule has 0 aliphatic heterocycles. The number of rotatable bonds is 5. The summed E-state index contributed by atoms with van der Waals surface area (Å²) in [5, 5.41) is 0. The van der Waals surface area contributed by atoms with Crippen LogP contribution in [-0.4, -0.2) is 18.8 Å². The second-order valence-corrected chi connectivity index (χ2v) is 4.66. The van der Waals surface area contributed by atoms with Crippen molar-refractivity contribution in [1.29, 1.82) is 0 Å². The van der Waals surface area contributed by atoms with Gasteiger partial charge in [-0.3, -0.25) is 4.79 Å². The molecule has 0 aliphatic rings. The van der Waals surface area contributed by atoms with Crippen molar-refractivity contribution in [2.45, 2.75) is 39.3 Å². The highest BCUT2D eigenvalue weighted by molar-refractivity contribution is 5.78. The number of hydrogen-bond donors (Lipinski definition) is 0. The Kier molecular flexibility index (Phi) is 5.60. The molecule has 0 saturated carbocycles. The van der Waals surface area contributed by atoms with Crippen molar-refractivity contribution in [1.82, 2.24) is 0 Å². The molecule has 1 rings (SSSR count). The first-order valence-electron chi connectivity index (χ1n) is 6.63. The first kappa shape index (κ1) is 16.5. The molecular weight excluding hydrogens is 269 g/mol. The fraction of sp³-hybridized carbons (Fsp3) is 0.533. The van der Waals surface area contributed by atoms with E-state index in [9.17, 15) is 18.0 Å². The van der Waals surface area contributed by atoms with Crippen LogP contribution in [-0.2, 0) is 16.0 Å². The predicted octanol–water partition coefficient (Wildman–Crippen LogP) is 4.09. The number of alkyl halides is 3. The van der Waals surface area contributed by atoms with E-state index < -0.39 is 24.0 Å². The van der Waals surface area contributed by atoms with Crippen molar-refractivity contribution in [2.24, 2.45) is 5.92 Å². The molecule has 0 N–H and O–H groups in total. The molecule has 0 fully saturated rings. The van der Waals surface area contributed by atoms with Gasteiger partial charge in [-0.1, -0.05) is 38.1 Å². The Morgan fingerprint density at radius 3 is 2.15 bits per heavy atom. The second-order valence-electron chi connectivity index (χ2n) is 4.66. The van der Waals surface area contributed by atoms with Crippen molar-refractivity contribution in [3.8, 4) is 0 Å². The zero-order chi connectivity index (χ0) is 15.3. The summed E-state index contributed by atoms with van der Waals surface area (Å²) in [5.41, 5.74) is 1.35. The summed E-state index contributed by atoms with van der Waals surface area (Å²) < 4.78 is 43.6. The first-order chi connectivity index (χ1) is 9.31. The molecule has 0 bridgehead atoms. The van der Waals surface area contributed by atoms with Crippen LogP contribution in [0.15, 0.2) is 24.3 Å². The Morgan fingerprint density at radius 1 is 1.20 bits per heavy atom. The fourth-order valence-corrected chi connectivity index (χ4v) is 2.01. The summed E-state index contributed by atoms with van der Waals surface area (Å²) in [4.78, 5) is 11.9. The van der Waals surface area contributed by atoms with Crippen LogP contribution in [0.3, 0.4) is 0 Å². The van der Waals surface area contributed by atoms with Gasteiger partial charge in [0, 0.05) is 0 Å². The van der Waals surface area contributed by atoms with Gasteiger partial charge in [-0.2, -0.15) is 13.2 Å². The highest BCUT2D eigenvalue weighted by atomic mass is 19.4. The zero-order valence-corrected chi connectivity index (χ0v) is 11.8. The van der Waals surface area contributed by atoms with Crippen molar-refractivity contribution in [2.75, 3.05) is 6.61 Å². The first-order valence-corrected chi connectivity index (χ1v) is 6.63. The Balaban J connectivity index is 3.12. The van der Waals surface area contributed by atoms with E-state index in [-0.39, 0.29) is 6.61 Å². The van der Waals surface area contributed by atoms with Crippen LogP contribution in [0.25, 0.3) is 0 Å². The molecule has 0 saturated heterocycles. The molecule has 5 heteroatoms. The fourth-order valence-electron chi connectivity index (χ4n) is 2.01. The summed E-state index contributed by atoms with van der Waals surface area (Å²) >= 11 is 0. The third-order valence-electron chi connectivity index (χ3n) is 3.30. The van der Waals surface area contributed by atoms with Gasteiger partial charge in [-0.15, -0.1) is 0 Å². The lowest BCUT2D eigenvalue weighted by molar-refractivity contribution is -0.185. The van der Waals surface area contributed by atoms with E-state index in [1.54, 1.807) is 31.2 Å². The van der Waals surface area contributed by atoms with Gasteiger partial charge in [0.2, 0.25) is 0 Å². The third kappa shape index (κ3) is 3.99. The molecule has 0 heterocycles. The van der Waals surface area contributed by atoms with E-state index in [1.807, 2.05) is 6.92 Å². The molecule has 20 heavy (non-hydrogen) atoms. The minimum Gasteiger partial charge on any atom is -0.466 e. The molecule has 0 amide bonds. The monoisotopic (exact) mass is 288 g/mol. The molecule has 0 aliphatic carbocycles. The number of ether oxygens (including phenoxy) is 1. The maximum atomic E-state index is 12.9. The Morgan fingerprint density at radius 2 is 1.75 bits per heavy atom. The summed E-state index contributed by atoms with van der Waals surface area (Å²) in [6.45, 7) is 4.60. The number of halogens is 3. The van der Waals surface area contributed by atoms with Gasteiger partial charge in [0.05, 0.1) is 18.4 Å². The van der Waals surface area contributed by atoms with E-state index >= 15 is 0 Å².